The van der Waals surface area contributed by atoms with Crippen LogP contribution in [0.2, 0.25) is 0 Å². The molecule has 0 aliphatic carbocycles. The molecule has 2 aromatic carbocycles. The summed E-state index contributed by atoms with van der Waals surface area (Å²) < 4.78 is 16.4. The van der Waals surface area contributed by atoms with Gasteiger partial charge in [0.2, 0.25) is 0 Å². The van der Waals surface area contributed by atoms with Crippen LogP contribution < -0.4 is 19.1 Å². The van der Waals surface area contributed by atoms with Crippen molar-refractivity contribution in [3.05, 3.63) is 58.7 Å². The van der Waals surface area contributed by atoms with Gasteiger partial charge in [-0.1, -0.05) is 12.1 Å². The van der Waals surface area contributed by atoms with Crippen LogP contribution in [0.15, 0.2) is 42.0 Å². The molecule has 35 heavy (non-hydrogen) atoms. The van der Waals surface area contributed by atoms with E-state index in [2.05, 4.69) is 13.8 Å². The SMILES string of the molecule is CC[NH+](CC)CCN1C(=O)C(=O)C(=C(O)c2ccc(OC)cc2C)C1c1cccc(OC)c1OC. The zero-order valence-electron chi connectivity index (χ0n) is 21.3. The predicted molar refractivity (Wildman–Crippen MR) is 133 cm³/mol. The van der Waals surface area contributed by atoms with Crippen molar-refractivity contribution >= 4 is 17.4 Å². The number of rotatable bonds is 10. The lowest BCUT2D eigenvalue weighted by Crippen LogP contribution is -3.12. The number of ketones is 1. The highest BCUT2D eigenvalue weighted by atomic mass is 16.5. The molecule has 0 radical (unpaired) electrons. The zero-order valence-corrected chi connectivity index (χ0v) is 21.3. The third-order valence-corrected chi connectivity index (χ3v) is 6.66. The summed E-state index contributed by atoms with van der Waals surface area (Å²) in [6.45, 7) is 8.81. The Bertz CT molecular complexity index is 1120. The van der Waals surface area contributed by atoms with E-state index in [-0.39, 0.29) is 11.3 Å². The first-order valence-electron chi connectivity index (χ1n) is 11.8. The van der Waals surface area contributed by atoms with E-state index in [9.17, 15) is 14.7 Å². The molecule has 1 amide bonds. The van der Waals surface area contributed by atoms with Crippen molar-refractivity contribution in [2.24, 2.45) is 0 Å². The second-order valence-corrected chi connectivity index (χ2v) is 8.46. The maximum atomic E-state index is 13.4. The fourth-order valence-corrected chi connectivity index (χ4v) is 4.62. The number of amides is 1. The number of likely N-dealkylation sites (tertiary alicyclic amines) is 1. The third-order valence-electron chi connectivity index (χ3n) is 6.66. The summed E-state index contributed by atoms with van der Waals surface area (Å²) in [7, 11) is 4.61. The van der Waals surface area contributed by atoms with E-state index in [0.717, 1.165) is 18.7 Å². The molecule has 2 aromatic rings. The smallest absolute Gasteiger partial charge is 0.295 e. The first-order chi connectivity index (χ1) is 16.8. The highest BCUT2D eigenvalue weighted by Crippen LogP contribution is 2.45. The van der Waals surface area contributed by atoms with Crippen LogP contribution in [0.4, 0.5) is 0 Å². The van der Waals surface area contributed by atoms with Crippen molar-refractivity contribution in [1.29, 1.82) is 0 Å². The van der Waals surface area contributed by atoms with Gasteiger partial charge in [-0.3, -0.25) is 9.59 Å². The van der Waals surface area contributed by atoms with E-state index in [1.807, 2.05) is 6.92 Å². The number of methoxy groups -OCH3 is 3. The van der Waals surface area contributed by atoms with Gasteiger partial charge in [0.25, 0.3) is 11.7 Å². The van der Waals surface area contributed by atoms with Crippen molar-refractivity contribution in [2.45, 2.75) is 26.8 Å². The molecule has 1 heterocycles. The van der Waals surface area contributed by atoms with Crippen LogP contribution in [0.1, 0.15) is 36.6 Å². The van der Waals surface area contributed by atoms with Gasteiger partial charge in [-0.15, -0.1) is 0 Å². The van der Waals surface area contributed by atoms with Gasteiger partial charge in [0, 0.05) is 11.1 Å². The van der Waals surface area contributed by atoms with Crippen molar-refractivity contribution in [3.8, 4) is 17.2 Å². The molecule has 188 valence electrons. The highest BCUT2D eigenvalue weighted by molar-refractivity contribution is 6.46. The topological polar surface area (TPSA) is 89.7 Å². The van der Waals surface area contributed by atoms with Gasteiger partial charge < -0.3 is 29.1 Å². The molecule has 1 unspecified atom stereocenters. The Labute approximate surface area is 206 Å². The lowest BCUT2D eigenvalue weighted by Gasteiger charge is -2.28. The number of benzene rings is 2. The summed E-state index contributed by atoms with van der Waals surface area (Å²) in [4.78, 5) is 29.5. The molecule has 2 N–H and O–H groups in total. The number of aryl methyl sites for hydroxylation is 1. The minimum absolute atomic E-state index is 0.0318. The van der Waals surface area contributed by atoms with E-state index >= 15 is 0 Å². The summed E-state index contributed by atoms with van der Waals surface area (Å²) in [5.41, 5.74) is 1.79. The van der Waals surface area contributed by atoms with Crippen molar-refractivity contribution in [2.75, 3.05) is 47.5 Å². The number of Topliss-reactive ketones (excluding diaryl/α,β-unsaturated/α-hetero) is 1. The Morgan fingerprint density at radius 1 is 1.03 bits per heavy atom. The Hall–Kier alpha value is -3.52. The average Bonchev–Trinajstić information content (AvgIpc) is 3.12. The van der Waals surface area contributed by atoms with E-state index in [1.165, 1.54) is 24.0 Å². The van der Waals surface area contributed by atoms with Gasteiger partial charge in [0.05, 0.1) is 59.1 Å². The van der Waals surface area contributed by atoms with Gasteiger partial charge in [-0.2, -0.15) is 0 Å². The largest absolute Gasteiger partial charge is 0.507 e. The number of para-hydroxylation sites is 1. The lowest BCUT2D eigenvalue weighted by atomic mass is 9.93. The molecule has 0 saturated carbocycles. The average molecular weight is 484 g/mol. The molecule has 1 fully saturated rings. The Morgan fingerprint density at radius 2 is 1.74 bits per heavy atom. The Morgan fingerprint density at radius 3 is 2.31 bits per heavy atom. The van der Waals surface area contributed by atoms with Crippen molar-refractivity contribution in [1.82, 2.24) is 4.90 Å². The van der Waals surface area contributed by atoms with Crippen LogP contribution in [0.3, 0.4) is 0 Å². The predicted octanol–water partition coefficient (Wildman–Crippen LogP) is 2.37. The maximum absolute atomic E-state index is 13.4. The zero-order chi connectivity index (χ0) is 25.7. The Kier molecular flexibility index (Phi) is 8.40. The normalized spacial score (nSPS) is 17.2. The maximum Gasteiger partial charge on any atom is 0.295 e. The Balaban J connectivity index is 2.23. The van der Waals surface area contributed by atoms with Gasteiger partial charge in [0.1, 0.15) is 11.5 Å². The van der Waals surface area contributed by atoms with Gasteiger partial charge in [0.15, 0.2) is 11.5 Å². The molecule has 0 spiro atoms. The number of nitrogens with zero attached hydrogens (tertiary/aromatic N) is 1. The number of carbonyl (C=O) groups is 2. The number of hydrogen-bond acceptors (Lipinski definition) is 6. The molecular weight excluding hydrogens is 448 g/mol. The van der Waals surface area contributed by atoms with E-state index in [1.54, 1.807) is 43.5 Å². The number of likely N-dealkylation sites (N-methyl/N-ethyl adjacent to an activating group) is 1. The third kappa shape index (κ3) is 4.98. The number of quaternary nitrogens is 1. The van der Waals surface area contributed by atoms with Crippen LogP contribution in [0.25, 0.3) is 5.76 Å². The summed E-state index contributed by atoms with van der Waals surface area (Å²) >= 11 is 0. The van der Waals surface area contributed by atoms with Gasteiger partial charge in [-0.05, 0) is 50.6 Å². The number of hydrogen-bond donors (Lipinski definition) is 2. The summed E-state index contributed by atoms with van der Waals surface area (Å²) in [6, 6.07) is 9.68. The standard InChI is InChI=1S/C27H34N2O6/c1-7-28(8-2)14-15-29-23(20-10-9-11-21(34-5)26(20)35-6)22(25(31)27(29)32)24(30)19-13-12-18(33-4)16-17(19)3/h9-13,16,23,30H,7-8,14-15H2,1-6H3/p+1. The van der Waals surface area contributed by atoms with E-state index in [0.29, 0.717) is 41.5 Å². The van der Waals surface area contributed by atoms with Gasteiger partial charge >= 0.3 is 0 Å². The first kappa shape index (κ1) is 26.1. The van der Waals surface area contributed by atoms with Crippen LogP contribution in [0, 0.1) is 6.92 Å². The molecule has 0 aromatic heterocycles. The molecule has 8 heteroatoms. The quantitative estimate of drug-likeness (QED) is 0.306. The minimum atomic E-state index is -0.823. The number of aliphatic hydroxyl groups is 1. The minimum Gasteiger partial charge on any atom is -0.507 e. The fourth-order valence-electron chi connectivity index (χ4n) is 4.62. The van der Waals surface area contributed by atoms with Crippen molar-refractivity contribution in [3.63, 3.8) is 0 Å². The second-order valence-electron chi connectivity index (χ2n) is 8.46. The molecule has 0 bridgehead atoms. The van der Waals surface area contributed by atoms with Crippen LogP contribution in [-0.2, 0) is 9.59 Å². The molecule has 1 atom stereocenters. The monoisotopic (exact) mass is 483 g/mol. The summed E-state index contributed by atoms with van der Waals surface area (Å²) in [5, 5.41) is 11.4. The molecule has 1 aliphatic heterocycles. The molecular formula is C27H35N2O6+. The molecule has 8 nitrogen and oxygen atoms in total. The number of aliphatic hydroxyl groups excluding tert-OH is 1. The van der Waals surface area contributed by atoms with Crippen molar-refractivity contribution < 1.29 is 33.8 Å². The van der Waals surface area contributed by atoms with E-state index in [4.69, 9.17) is 14.2 Å². The fraction of sp³-hybridized carbons (Fsp3) is 0.407. The summed E-state index contributed by atoms with van der Waals surface area (Å²) in [6.07, 6.45) is 0. The molecule has 1 saturated heterocycles. The lowest BCUT2D eigenvalue weighted by molar-refractivity contribution is -0.895. The molecule has 3 rings (SSSR count). The van der Waals surface area contributed by atoms with Gasteiger partial charge in [-0.25, -0.2) is 0 Å². The van der Waals surface area contributed by atoms with E-state index < -0.39 is 17.7 Å². The number of carbonyl (C=O) groups excluding carboxylic acids is 2. The van der Waals surface area contributed by atoms with Crippen LogP contribution in [-0.4, -0.2) is 69.2 Å². The summed E-state index contributed by atoms with van der Waals surface area (Å²) in [5.74, 6) is -0.0601. The second kappa shape index (κ2) is 11.3. The number of nitrogens with one attached hydrogen (secondary N) is 1. The number of ether oxygens (including phenoxy) is 3. The first-order valence-corrected chi connectivity index (χ1v) is 11.8. The highest BCUT2D eigenvalue weighted by Gasteiger charge is 2.47. The van der Waals surface area contributed by atoms with Crippen LogP contribution in [0.5, 0.6) is 17.2 Å². The molecule has 1 aliphatic rings. The van der Waals surface area contributed by atoms with Crippen LogP contribution >= 0.6 is 0 Å².